The predicted molar refractivity (Wildman–Crippen MR) is 263 cm³/mol. The lowest BCUT2D eigenvalue weighted by atomic mass is 10.1. The number of phosphoric ester groups is 1. The quantitative estimate of drug-likeness (QED) is 0.0200. The van der Waals surface area contributed by atoms with Gasteiger partial charge in [0.15, 0.2) is 6.04 Å². The number of aliphatic hydroxyl groups excluding tert-OH is 1. The lowest BCUT2D eigenvalue weighted by Gasteiger charge is -2.18. The van der Waals surface area contributed by atoms with Gasteiger partial charge in [-0.1, -0.05) is 181 Å². The fourth-order valence-electron chi connectivity index (χ4n) is 5.89. The number of allylic oxidation sites excluding steroid dienone is 17. The fourth-order valence-corrected chi connectivity index (χ4v) is 6.67. The second-order valence-corrected chi connectivity index (χ2v) is 17.0. The molecule has 362 valence electrons. The minimum Gasteiger partial charge on any atom is -0.480 e. The summed E-state index contributed by atoms with van der Waals surface area (Å²) in [5.41, 5.74) is 0. The van der Waals surface area contributed by atoms with E-state index in [1.54, 1.807) is 12.2 Å². The summed E-state index contributed by atoms with van der Waals surface area (Å²) < 4.78 is 26.8. The minimum atomic E-state index is -4.80. The Balaban J connectivity index is 4.01. The van der Waals surface area contributed by atoms with E-state index in [-0.39, 0.29) is 12.8 Å². The van der Waals surface area contributed by atoms with Crippen molar-refractivity contribution in [2.24, 2.45) is 0 Å². The van der Waals surface area contributed by atoms with Crippen LogP contribution in [0, 0.1) is 0 Å². The van der Waals surface area contributed by atoms with E-state index < -0.39 is 57.6 Å². The maximum Gasteiger partial charge on any atom is 0.472 e. The van der Waals surface area contributed by atoms with Gasteiger partial charge in [0.25, 0.3) is 0 Å². The van der Waals surface area contributed by atoms with Gasteiger partial charge in [-0.3, -0.25) is 18.6 Å². The highest BCUT2D eigenvalue weighted by molar-refractivity contribution is 7.47. The number of hydrogen-bond acceptors (Lipinski definition) is 8. The number of phosphoric acid groups is 1. The Morgan fingerprint density at radius 2 is 0.938 bits per heavy atom. The van der Waals surface area contributed by atoms with Crippen molar-refractivity contribution in [1.82, 2.24) is 5.32 Å². The van der Waals surface area contributed by atoms with Crippen molar-refractivity contribution in [2.45, 2.75) is 180 Å². The van der Waals surface area contributed by atoms with E-state index in [1.807, 2.05) is 12.2 Å². The molecule has 0 saturated heterocycles. The monoisotopic (exact) mass is 914 g/mol. The van der Waals surface area contributed by atoms with Crippen molar-refractivity contribution in [3.05, 3.63) is 109 Å². The van der Waals surface area contributed by atoms with Crippen LogP contribution in [0.25, 0.3) is 0 Å². The molecular weight excluding hydrogens is 830 g/mol. The van der Waals surface area contributed by atoms with Gasteiger partial charge in [-0.25, -0.2) is 9.36 Å². The molecule has 11 nitrogen and oxygen atoms in total. The van der Waals surface area contributed by atoms with Gasteiger partial charge in [0, 0.05) is 12.8 Å². The molecule has 0 aromatic heterocycles. The zero-order chi connectivity index (χ0) is 47.0. The van der Waals surface area contributed by atoms with Crippen LogP contribution in [0.5, 0.6) is 0 Å². The molecule has 0 aliphatic heterocycles. The van der Waals surface area contributed by atoms with Crippen molar-refractivity contribution in [1.29, 1.82) is 0 Å². The van der Waals surface area contributed by atoms with Crippen LogP contribution in [-0.2, 0) is 32.7 Å². The Hall–Kier alpha value is -3.86. The summed E-state index contributed by atoms with van der Waals surface area (Å²) in [5.74, 6) is -2.56. The molecule has 0 spiro atoms. The largest absolute Gasteiger partial charge is 0.480 e. The molecule has 3 atom stereocenters. The first-order valence-electron chi connectivity index (χ1n) is 23.9. The Labute approximate surface area is 386 Å². The fraction of sp³-hybridized carbons (Fsp3) is 0.596. The molecule has 4 N–H and O–H groups in total. The topological polar surface area (TPSA) is 169 Å². The number of carboxylic acids is 1. The first-order valence-corrected chi connectivity index (χ1v) is 25.4. The number of nitrogens with one attached hydrogen (secondary N) is 1. The van der Waals surface area contributed by atoms with Gasteiger partial charge in [0.1, 0.15) is 12.7 Å². The number of ether oxygens (including phenoxy) is 1. The van der Waals surface area contributed by atoms with E-state index in [1.165, 1.54) is 57.8 Å². The lowest BCUT2D eigenvalue weighted by molar-refractivity contribution is -0.147. The number of hydrogen-bond donors (Lipinski definition) is 4. The van der Waals surface area contributed by atoms with Crippen molar-refractivity contribution >= 4 is 25.7 Å². The summed E-state index contributed by atoms with van der Waals surface area (Å²) in [4.78, 5) is 46.0. The lowest BCUT2D eigenvalue weighted by Crippen LogP contribution is -2.43. The predicted octanol–water partition coefficient (Wildman–Crippen LogP) is 13.0. The van der Waals surface area contributed by atoms with Gasteiger partial charge >= 0.3 is 19.8 Å². The van der Waals surface area contributed by atoms with Gasteiger partial charge in [-0.15, -0.1) is 0 Å². The average molecular weight is 914 g/mol. The number of unbranched alkanes of at least 4 members (excludes halogenated alkanes) is 12. The molecule has 0 aliphatic rings. The molecule has 0 bridgehead atoms. The number of amides is 1. The number of carbonyl (C=O) groups excluding carboxylic acids is 2. The van der Waals surface area contributed by atoms with E-state index in [0.717, 1.165) is 70.6 Å². The molecule has 0 fully saturated rings. The molecule has 0 aliphatic carbocycles. The molecule has 0 heterocycles. The summed E-state index contributed by atoms with van der Waals surface area (Å²) in [6.45, 7) is 2.38. The van der Waals surface area contributed by atoms with Crippen LogP contribution in [0.15, 0.2) is 109 Å². The summed E-state index contributed by atoms with van der Waals surface area (Å²) in [6, 6.07) is -1.61. The molecule has 0 rings (SSSR count). The molecule has 64 heavy (non-hydrogen) atoms. The smallest absolute Gasteiger partial charge is 0.472 e. The normalized spacial score (nSPS) is 14.6. The van der Waals surface area contributed by atoms with Crippen LogP contribution in [0.2, 0.25) is 0 Å². The van der Waals surface area contributed by atoms with Gasteiger partial charge in [0.2, 0.25) is 5.91 Å². The first kappa shape index (κ1) is 60.1. The average Bonchev–Trinajstić information content (AvgIpc) is 3.27. The molecule has 0 saturated carbocycles. The molecule has 12 heteroatoms. The zero-order valence-corrected chi connectivity index (χ0v) is 40.2. The van der Waals surface area contributed by atoms with Crippen LogP contribution in [0.3, 0.4) is 0 Å². The van der Waals surface area contributed by atoms with Crippen LogP contribution < -0.4 is 5.32 Å². The van der Waals surface area contributed by atoms with Crippen LogP contribution in [-0.4, -0.2) is 64.9 Å². The molecular formula is C52H84NO10P. The number of aliphatic hydroxyl groups is 1. The Kier molecular flexibility index (Phi) is 42.9. The summed E-state index contributed by atoms with van der Waals surface area (Å²) in [5, 5.41) is 21.8. The minimum absolute atomic E-state index is 0.0959. The van der Waals surface area contributed by atoms with E-state index in [2.05, 4.69) is 104 Å². The van der Waals surface area contributed by atoms with Gasteiger partial charge in [-0.05, 0) is 83.5 Å². The Bertz CT molecular complexity index is 1490. The highest BCUT2D eigenvalue weighted by Gasteiger charge is 2.28. The second kappa shape index (κ2) is 45.7. The standard InChI is InChI=1S/C52H84NO10P/c1-3-5-7-9-11-13-15-17-19-21-23-24-26-27-29-31-33-35-37-39-41-43-50(55)53-49(52(57)58)47-63-64(59,60)62-46-48(54)45-61-51(56)44-42-40-38-36-34-32-30-28-25-22-20-18-16-14-12-10-8-6-4-2/h5,7,11-14,17-20,23-24,27,29,33,35,39,41,48-49,54H,3-4,6,8-10,15-16,21-22,25-26,28,30-32,34,36-38,40,42-47H2,1-2H3,(H,53,55)(H,57,58)(H,59,60)/b7-5-,13-11-,14-12-,19-17-,20-18-,24-23-,29-27-,35-33-,41-39-. The third-order valence-electron chi connectivity index (χ3n) is 9.57. The van der Waals surface area contributed by atoms with E-state index >= 15 is 0 Å². The number of esters is 1. The zero-order valence-electron chi connectivity index (χ0n) is 39.3. The maximum absolute atomic E-state index is 12.3. The molecule has 0 radical (unpaired) electrons. The van der Waals surface area contributed by atoms with Gasteiger partial charge < -0.3 is 25.2 Å². The van der Waals surface area contributed by atoms with Crippen LogP contribution in [0.1, 0.15) is 168 Å². The number of rotatable bonds is 43. The van der Waals surface area contributed by atoms with Gasteiger partial charge in [0.05, 0.1) is 13.2 Å². The number of carboxylic acid groups (broad SMARTS) is 1. The van der Waals surface area contributed by atoms with Crippen molar-refractivity contribution < 1.29 is 47.8 Å². The number of carbonyl (C=O) groups is 3. The van der Waals surface area contributed by atoms with E-state index in [0.29, 0.717) is 12.8 Å². The highest BCUT2D eigenvalue weighted by Crippen LogP contribution is 2.43. The number of aliphatic carboxylic acids is 1. The molecule has 1 amide bonds. The third-order valence-corrected chi connectivity index (χ3v) is 10.5. The van der Waals surface area contributed by atoms with Crippen molar-refractivity contribution in [2.75, 3.05) is 19.8 Å². The highest BCUT2D eigenvalue weighted by atomic mass is 31.2. The van der Waals surface area contributed by atoms with Crippen LogP contribution in [0.4, 0.5) is 0 Å². The van der Waals surface area contributed by atoms with Gasteiger partial charge in [-0.2, -0.15) is 0 Å². The Morgan fingerprint density at radius 1 is 0.531 bits per heavy atom. The first-order chi connectivity index (χ1) is 31.1. The van der Waals surface area contributed by atoms with Crippen molar-refractivity contribution in [3.63, 3.8) is 0 Å². The Morgan fingerprint density at radius 3 is 1.41 bits per heavy atom. The molecule has 0 aromatic carbocycles. The van der Waals surface area contributed by atoms with E-state index in [4.69, 9.17) is 13.8 Å². The SMILES string of the molecule is CC/C=C\C/C=C\C/C=C\C/C=C\C/C=C\C/C=C\C/C=C\CC(=O)NC(COP(=O)(O)OCC(O)COC(=O)CCCCCCCCCCC/C=C\C/C=C\CCCCC)C(=O)O. The van der Waals surface area contributed by atoms with E-state index in [9.17, 15) is 34.1 Å². The molecule has 3 unspecified atom stereocenters. The summed E-state index contributed by atoms with van der Waals surface area (Å²) >= 11 is 0. The maximum atomic E-state index is 12.3. The summed E-state index contributed by atoms with van der Waals surface area (Å²) in [6.07, 6.45) is 60.0. The second-order valence-electron chi connectivity index (χ2n) is 15.6. The van der Waals surface area contributed by atoms with Crippen molar-refractivity contribution in [3.8, 4) is 0 Å². The van der Waals surface area contributed by atoms with Crippen LogP contribution >= 0.6 is 7.82 Å². The summed E-state index contributed by atoms with van der Waals surface area (Å²) in [7, 11) is -4.80. The third kappa shape index (κ3) is 44.7. The molecule has 0 aromatic rings.